The van der Waals surface area contributed by atoms with E-state index in [1.165, 1.54) is 49.7 Å². The molecule has 2 aliphatic rings. The fourth-order valence-electron chi connectivity index (χ4n) is 9.74. The van der Waals surface area contributed by atoms with Crippen LogP contribution in [-0.4, -0.2) is 6.04 Å². The summed E-state index contributed by atoms with van der Waals surface area (Å²) >= 11 is 0. The lowest BCUT2D eigenvalue weighted by Gasteiger charge is -2.34. The van der Waals surface area contributed by atoms with Gasteiger partial charge in [-0.15, -0.1) is 0 Å². The monoisotopic (exact) mass is 880 g/mol. The third-order valence-electron chi connectivity index (χ3n) is 12.8. The number of anilines is 9. The molecule has 9 aromatic carbocycles. The third kappa shape index (κ3) is 9.36. The number of hydrogen-bond acceptors (Lipinski definition) is 4. The number of benzene rings is 9. The summed E-state index contributed by atoms with van der Waals surface area (Å²) in [6.07, 6.45) is 18.4. The summed E-state index contributed by atoms with van der Waals surface area (Å²) in [5, 5.41) is 8.87. The van der Waals surface area contributed by atoms with Crippen LogP contribution in [0.25, 0.3) is 21.5 Å². The molecule has 11 rings (SSSR count). The van der Waals surface area contributed by atoms with Crippen LogP contribution in [0.15, 0.2) is 261 Å². The highest BCUT2D eigenvalue weighted by Gasteiger charge is 2.25. The number of hydrogen-bond donors (Lipinski definition) is 1. The van der Waals surface area contributed by atoms with Crippen LogP contribution < -0.4 is 20.0 Å². The second kappa shape index (κ2) is 20.4. The second-order valence-electron chi connectivity index (χ2n) is 17.2. The Balaban J connectivity index is 0.000000835. The van der Waals surface area contributed by atoms with Crippen LogP contribution >= 0.6 is 0 Å². The molecule has 0 fully saturated rings. The molecular weight excluding hydrogens is 825 g/mol. The van der Waals surface area contributed by atoms with Crippen LogP contribution in [0.4, 0.5) is 51.2 Å². The Morgan fingerprint density at radius 1 is 0.471 bits per heavy atom. The third-order valence-corrected chi connectivity index (χ3v) is 12.8. The molecule has 0 aliphatic heterocycles. The van der Waals surface area contributed by atoms with Gasteiger partial charge in [0, 0.05) is 56.9 Å². The minimum absolute atomic E-state index is 0.198. The first kappa shape index (κ1) is 43.5. The largest absolute Gasteiger partial charge is 0.356 e. The second-order valence-corrected chi connectivity index (χ2v) is 17.2. The zero-order chi connectivity index (χ0) is 46.1. The van der Waals surface area contributed by atoms with E-state index in [-0.39, 0.29) is 6.04 Å². The first-order chi connectivity index (χ1) is 33.6. The Kier molecular flexibility index (Phi) is 13.1. The van der Waals surface area contributed by atoms with Crippen molar-refractivity contribution in [1.29, 1.82) is 0 Å². The topological polar surface area (TPSA) is 21.8 Å². The summed E-state index contributed by atoms with van der Waals surface area (Å²) in [5.41, 5.74) is 14.2. The summed E-state index contributed by atoms with van der Waals surface area (Å²) in [7, 11) is 0. The molecule has 0 radical (unpaired) electrons. The average molecular weight is 881 g/mol. The molecule has 1 atom stereocenters. The molecule has 9 aromatic rings. The normalized spacial score (nSPS) is 13.9. The standard InChI is InChI=1S/C58H50N4.C6H6/c1-3-17-48(4-2)60(52-32-30-47(31-33-52)59-46-18-9-5-10-19-46)55-38-42-26-28-44-40-56(41-45-29-27-43(39-55)57(42)58(44)45)62(51-24-15-8-16-25-51)54-36-34-53(35-37-54)61(49-20-11-6-12-21-49)50-22-13-7-14-23-50;1-2-4-6-5-3-1/h3-24,26,28,30-41,51,59H,25,27,29H2,1-2H3;1-6H/b17-3-,48-4+;. The molecule has 68 heavy (non-hydrogen) atoms. The van der Waals surface area contributed by atoms with Gasteiger partial charge >= 0.3 is 0 Å². The van der Waals surface area contributed by atoms with Gasteiger partial charge in [0.25, 0.3) is 0 Å². The highest BCUT2D eigenvalue weighted by Crippen LogP contribution is 2.44. The van der Waals surface area contributed by atoms with Crippen molar-refractivity contribution in [2.45, 2.75) is 39.2 Å². The van der Waals surface area contributed by atoms with Gasteiger partial charge in [-0.2, -0.15) is 0 Å². The van der Waals surface area contributed by atoms with Crippen molar-refractivity contribution in [1.82, 2.24) is 0 Å². The van der Waals surface area contributed by atoms with Crippen molar-refractivity contribution < 1.29 is 0 Å². The summed E-state index contributed by atoms with van der Waals surface area (Å²) < 4.78 is 0. The van der Waals surface area contributed by atoms with Gasteiger partial charge < -0.3 is 20.0 Å². The zero-order valence-corrected chi connectivity index (χ0v) is 38.8. The summed E-state index contributed by atoms with van der Waals surface area (Å²) in [5.74, 6) is 0. The molecule has 2 aliphatic carbocycles. The molecule has 0 amide bonds. The fraction of sp³-hybridized carbons (Fsp3) is 0.0938. The Labute approximate surface area is 401 Å². The summed E-state index contributed by atoms with van der Waals surface area (Å²) in [6, 6.07) is 76.1. The van der Waals surface area contributed by atoms with Crippen molar-refractivity contribution in [2.75, 3.05) is 20.0 Å². The van der Waals surface area contributed by atoms with E-state index < -0.39 is 0 Å². The number of para-hydroxylation sites is 3. The Hall–Kier alpha value is -8.34. The average Bonchev–Trinajstić information content (AvgIpc) is 3.40. The van der Waals surface area contributed by atoms with Crippen molar-refractivity contribution in [3.63, 3.8) is 0 Å². The molecule has 0 heterocycles. The van der Waals surface area contributed by atoms with Crippen LogP contribution in [0.2, 0.25) is 0 Å². The molecule has 1 unspecified atom stereocenters. The number of aryl methyl sites for hydroxylation is 2. The van der Waals surface area contributed by atoms with Crippen LogP contribution in [0, 0.1) is 0 Å². The highest BCUT2D eigenvalue weighted by molar-refractivity contribution is 6.13. The van der Waals surface area contributed by atoms with E-state index in [9.17, 15) is 0 Å². The zero-order valence-electron chi connectivity index (χ0n) is 38.8. The minimum Gasteiger partial charge on any atom is -0.356 e. The van der Waals surface area contributed by atoms with Gasteiger partial charge in [-0.1, -0.05) is 140 Å². The van der Waals surface area contributed by atoms with E-state index in [4.69, 9.17) is 0 Å². The molecule has 4 nitrogen and oxygen atoms in total. The van der Waals surface area contributed by atoms with Gasteiger partial charge in [0.15, 0.2) is 0 Å². The highest BCUT2D eigenvalue weighted by atomic mass is 15.2. The molecule has 332 valence electrons. The number of allylic oxidation sites excluding steroid dienone is 5. The lowest BCUT2D eigenvalue weighted by atomic mass is 9.85. The lowest BCUT2D eigenvalue weighted by Crippen LogP contribution is -2.30. The van der Waals surface area contributed by atoms with Gasteiger partial charge in [-0.25, -0.2) is 0 Å². The van der Waals surface area contributed by atoms with Gasteiger partial charge in [0.05, 0.1) is 6.04 Å². The number of nitrogens with one attached hydrogen (secondary N) is 1. The van der Waals surface area contributed by atoms with Crippen molar-refractivity contribution in [2.24, 2.45) is 0 Å². The molecule has 0 saturated carbocycles. The molecule has 0 spiro atoms. The maximum Gasteiger partial charge on any atom is 0.0559 e. The van der Waals surface area contributed by atoms with Crippen LogP contribution in [-0.2, 0) is 12.8 Å². The van der Waals surface area contributed by atoms with E-state index in [2.05, 4.69) is 246 Å². The fourth-order valence-corrected chi connectivity index (χ4v) is 9.74. The van der Waals surface area contributed by atoms with E-state index in [0.717, 1.165) is 59.1 Å². The Morgan fingerprint density at radius 2 is 0.956 bits per heavy atom. The maximum atomic E-state index is 3.54. The maximum absolute atomic E-state index is 3.54. The van der Waals surface area contributed by atoms with Gasteiger partial charge in [-0.05, 0) is 181 Å². The summed E-state index contributed by atoms with van der Waals surface area (Å²) in [6.45, 7) is 4.21. The van der Waals surface area contributed by atoms with Crippen LogP contribution in [0.1, 0.15) is 31.4 Å². The smallest absolute Gasteiger partial charge is 0.0559 e. The molecular formula is C64H56N4. The predicted octanol–water partition coefficient (Wildman–Crippen LogP) is 17.6. The van der Waals surface area contributed by atoms with Crippen molar-refractivity contribution in [3.05, 3.63) is 272 Å². The first-order valence-corrected chi connectivity index (χ1v) is 23.8. The molecule has 0 bridgehead atoms. The van der Waals surface area contributed by atoms with E-state index in [1.54, 1.807) is 0 Å². The predicted molar refractivity (Wildman–Crippen MR) is 292 cm³/mol. The van der Waals surface area contributed by atoms with Crippen molar-refractivity contribution >= 4 is 72.7 Å². The molecule has 0 saturated heterocycles. The van der Waals surface area contributed by atoms with E-state index in [0.29, 0.717) is 0 Å². The number of rotatable bonds is 12. The Bertz CT molecular complexity index is 3160. The van der Waals surface area contributed by atoms with Crippen LogP contribution in [0.5, 0.6) is 0 Å². The van der Waals surface area contributed by atoms with Crippen LogP contribution in [0.3, 0.4) is 0 Å². The SMILES string of the molecule is C/C=C\C(=C/C)N(c1ccc(Nc2ccccc2)cc1)c1cc2c3c(ccc4cc(N(c5ccc(N(c6ccccc6)c6ccccc6)cc5)C5C=CC=CC5)cc(c43)CC2)c1.c1ccccc1. The van der Waals surface area contributed by atoms with Gasteiger partial charge in [-0.3, -0.25) is 0 Å². The van der Waals surface area contributed by atoms with E-state index >= 15 is 0 Å². The van der Waals surface area contributed by atoms with Gasteiger partial charge in [0.2, 0.25) is 0 Å². The summed E-state index contributed by atoms with van der Waals surface area (Å²) in [4.78, 5) is 7.25. The minimum atomic E-state index is 0.198. The molecule has 4 heteroatoms. The Morgan fingerprint density at radius 3 is 1.50 bits per heavy atom. The molecule has 0 aromatic heterocycles. The number of nitrogens with zero attached hydrogens (tertiary/aromatic N) is 3. The van der Waals surface area contributed by atoms with Crippen molar-refractivity contribution in [3.8, 4) is 0 Å². The quantitative estimate of drug-likeness (QED) is 0.0975. The van der Waals surface area contributed by atoms with Gasteiger partial charge in [0.1, 0.15) is 0 Å². The first-order valence-electron chi connectivity index (χ1n) is 23.8. The lowest BCUT2D eigenvalue weighted by molar-refractivity contribution is 0.784. The molecule has 1 N–H and O–H groups in total. The van der Waals surface area contributed by atoms with E-state index in [1.807, 2.05) is 42.5 Å².